The summed E-state index contributed by atoms with van der Waals surface area (Å²) in [5, 5.41) is 0. The van der Waals surface area contributed by atoms with Gasteiger partial charge >= 0.3 is 6.18 Å². The van der Waals surface area contributed by atoms with Crippen LogP contribution in [0.25, 0.3) is 0 Å². The number of hydrogen-bond donors (Lipinski definition) is 2. The molecule has 0 radical (unpaired) electrons. The molecule has 6 heteroatoms. The first kappa shape index (κ1) is 14.3. The van der Waals surface area contributed by atoms with Crippen LogP contribution in [0.5, 0.6) is 0 Å². The van der Waals surface area contributed by atoms with E-state index in [1.54, 1.807) is 6.07 Å². The van der Waals surface area contributed by atoms with Crippen molar-refractivity contribution in [3.8, 4) is 0 Å². The Balaban J connectivity index is 2.22. The number of ether oxygens (including phenoxy) is 1. The van der Waals surface area contributed by atoms with Crippen LogP contribution in [-0.2, 0) is 10.9 Å². The van der Waals surface area contributed by atoms with E-state index in [-0.39, 0.29) is 12.0 Å². The average Bonchev–Trinajstić information content (AvgIpc) is 2.40. The monoisotopic (exact) mass is 274 g/mol. The average molecular weight is 274 g/mol. The fourth-order valence-electron chi connectivity index (χ4n) is 2.46. The molecule has 1 heterocycles. The minimum atomic E-state index is -4.33. The van der Waals surface area contributed by atoms with Crippen molar-refractivity contribution in [3.63, 3.8) is 0 Å². The number of alkyl halides is 3. The van der Waals surface area contributed by atoms with Crippen LogP contribution < -0.4 is 11.3 Å². The zero-order valence-corrected chi connectivity index (χ0v) is 10.4. The number of nitrogens with one attached hydrogen (secondary N) is 1. The number of nitrogens with two attached hydrogens (primary N) is 1. The first-order valence-corrected chi connectivity index (χ1v) is 6.23. The molecule has 0 saturated carbocycles. The summed E-state index contributed by atoms with van der Waals surface area (Å²) in [6.07, 6.45) is -2.74. The van der Waals surface area contributed by atoms with Crippen molar-refractivity contribution in [2.75, 3.05) is 13.2 Å². The van der Waals surface area contributed by atoms with E-state index in [0.717, 1.165) is 18.9 Å². The first-order valence-electron chi connectivity index (χ1n) is 6.23. The van der Waals surface area contributed by atoms with E-state index in [4.69, 9.17) is 10.6 Å². The molecule has 19 heavy (non-hydrogen) atoms. The molecule has 106 valence electrons. The third kappa shape index (κ3) is 3.46. The summed E-state index contributed by atoms with van der Waals surface area (Å²) in [7, 11) is 0. The fourth-order valence-corrected chi connectivity index (χ4v) is 2.46. The molecule has 0 spiro atoms. The van der Waals surface area contributed by atoms with E-state index in [1.165, 1.54) is 12.1 Å². The second kappa shape index (κ2) is 5.90. The molecule has 1 atom stereocenters. The summed E-state index contributed by atoms with van der Waals surface area (Å²) < 4.78 is 43.4. The Morgan fingerprint density at radius 1 is 1.26 bits per heavy atom. The molecule has 1 aliphatic heterocycles. The summed E-state index contributed by atoms with van der Waals surface area (Å²) in [5.41, 5.74) is 2.58. The van der Waals surface area contributed by atoms with Gasteiger partial charge in [-0.25, -0.2) is 0 Å². The van der Waals surface area contributed by atoms with Crippen molar-refractivity contribution in [2.45, 2.75) is 25.1 Å². The maximum Gasteiger partial charge on any atom is 0.416 e. The minimum absolute atomic E-state index is 0.197. The summed E-state index contributed by atoms with van der Waals surface area (Å²) in [6, 6.07) is 5.06. The van der Waals surface area contributed by atoms with Gasteiger partial charge in [0.05, 0.1) is 5.56 Å². The predicted molar refractivity (Wildman–Crippen MR) is 65.1 cm³/mol. The van der Waals surface area contributed by atoms with Crippen molar-refractivity contribution in [1.29, 1.82) is 0 Å². The highest BCUT2D eigenvalue weighted by Gasteiger charge is 2.32. The van der Waals surface area contributed by atoms with E-state index < -0.39 is 11.7 Å². The van der Waals surface area contributed by atoms with Crippen molar-refractivity contribution in [1.82, 2.24) is 5.43 Å². The van der Waals surface area contributed by atoms with Gasteiger partial charge in [0.1, 0.15) is 0 Å². The molecule has 1 fully saturated rings. The summed E-state index contributed by atoms with van der Waals surface area (Å²) in [6.45, 7) is 1.25. The van der Waals surface area contributed by atoms with Crippen LogP contribution in [-0.4, -0.2) is 13.2 Å². The molecule has 0 aromatic heterocycles. The molecule has 0 bridgehead atoms. The Hall–Kier alpha value is -1.11. The highest BCUT2D eigenvalue weighted by molar-refractivity contribution is 5.28. The molecule has 0 amide bonds. The summed E-state index contributed by atoms with van der Waals surface area (Å²) in [5.74, 6) is 5.72. The van der Waals surface area contributed by atoms with E-state index in [1.807, 2.05) is 0 Å². The van der Waals surface area contributed by atoms with Crippen molar-refractivity contribution in [2.24, 2.45) is 11.8 Å². The van der Waals surface area contributed by atoms with Gasteiger partial charge in [-0.1, -0.05) is 12.1 Å². The Bertz CT molecular complexity index is 417. The molecular weight excluding hydrogens is 257 g/mol. The van der Waals surface area contributed by atoms with E-state index in [2.05, 4.69) is 5.43 Å². The first-order chi connectivity index (χ1) is 9.02. The Morgan fingerprint density at radius 3 is 2.53 bits per heavy atom. The quantitative estimate of drug-likeness (QED) is 0.658. The zero-order chi connectivity index (χ0) is 13.9. The fraction of sp³-hybridized carbons (Fsp3) is 0.538. The molecule has 3 nitrogen and oxygen atoms in total. The largest absolute Gasteiger partial charge is 0.416 e. The lowest BCUT2D eigenvalue weighted by Crippen LogP contribution is -2.36. The number of benzene rings is 1. The molecule has 1 unspecified atom stereocenters. The Labute approximate surface area is 109 Å². The van der Waals surface area contributed by atoms with Gasteiger partial charge in [0, 0.05) is 19.3 Å². The van der Waals surface area contributed by atoms with Gasteiger partial charge in [0.15, 0.2) is 0 Å². The summed E-state index contributed by atoms with van der Waals surface area (Å²) >= 11 is 0. The van der Waals surface area contributed by atoms with Gasteiger partial charge in [0.25, 0.3) is 0 Å². The highest BCUT2D eigenvalue weighted by Crippen LogP contribution is 2.34. The third-order valence-electron chi connectivity index (χ3n) is 3.49. The van der Waals surface area contributed by atoms with Crippen LogP contribution in [0, 0.1) is 5.92 Å². The smallest absolute Gasteiger partial charge is 0.381 e. The van der Waals surface area contributed by atoms with Gasteiger partial charge in [-0.05, 0) is 36.5 Å². The molecule has 1 aromatic rings. The molecule has 2 rings (SSSR count). The van der Waals surface area contributed by atoms with Gasteiger partial charge in [-0.15, -0.1) is 0 Å². The van der Waals surface area contributed by atoms with Gasteiger partial charge in [0.2, 0.25) is 0 Å². The number of hydrogen-bond acceptors (Lipinski definition) is 3. The SMILES string of the molecule is NNC(c1cccc(C(F)(F)F)c1)C1CCOCC1. The maximum absolute atomic E-state index is 12.7. The number of rotatable bonds is 3. The normalized spacial score (nSPS) is 19.4. The second-order valence-electron chi connectivity index (χ2n) is 4.72. The number of hydrazine groups is 1. The topological polar surface area (TPSA) is 47.3 Å². The predicted octanol–water partition coefficient (Wildman–Crippen LogP) is 2.64. The zero-order valence-electron chi connectivity index (χ0n) is 10.4. The van der Waals surface area contributed by atoms with Crippen LogP contribution >= 0.6 is 0 Å². The number of halogens is 3. The lowest BCUT2D eigenvalue weighted by molar-refractivity contribution is -0.137. The van der Waals surface area contributed by atoms with Crippen LogP contribution in [0.2, 0.25) is 0 Å². The molecule has 1 aliphatic rings. The lowest BCUT2D eigenvalue weighted by atomic mass is 9.87. The molecular formula is C13H17F3N2O. The lowest BCUT2D eigenvalue weighted by Gasteiger charge is -2.30. The Kier molecular flexibility index (Phi) is 4.44. The van der Waals surface area contributed by atoms with E-state index in [9.17, 15) is 13.2 Å². The van der Waals surface area contributed by atoms with Crippen LogP contribution in [0.15, 0.2) is 24.3 Å². The van der Waals surface area contributed by atoms with Crippen LogP contribution in [0.3, 0.4) is 0 Å². The standard InChI is InChI=1S/C13H17F3N2O/c14-13(15,16)11-3-1-2-10(8-11)12(18-17)9-4-6-19-7-5-9/h1-3,8-9,12,18H,4-7,17H2. The van der Waals surface area contributed by atoms with Crippen molar-refractivity contribution < 1.29 is 17.9 Å². The van der Waals surface area contributed by atoms with Crippen molar-refractivity contribution in [3.05, 3.63) is 35.4 Å². The maximum atomic E-state index is 12.7. The van der Waals surface area contributed by atoms with Crippen LogP contribution in [0.4, 0.5) is 13.2 Å². The van der Waals surface area contributed by atoms with Crippen LogP contribution in [0.1, 0.15) is 30.0 Å². The molecule has 1 aromatic carbocycles. The van der Waals surface area contributed by atoms with Gasteiger partial charge in [-0.3, -0.25) is 11.3 Å². The minimum Gasteiger partial charge on any atom is -0.381 e. The van der Waals surface area contributed by atoms with Gasteiger partial charge in [-0.2, -0.15) is 13.2 Å². The van der Waals surface area contributed by atoms with E-state index >= 15 is 0 Å². The molecule has 1 saturated heterocycles. The molecule has 3 N–H and O–H groups in total. The molecule has 0 aliphatic carbocycles. The summed E-state index contributed by atoms with van der Waals surface area (Å²) in [4.78, 5) is 0. The Morgan fingerprint density at radius 2 is 1.95 bits per heavy atom. The van der Waals surface area contributed by atoms with Gasteiger partial charge < -0.3 is 4.74 Å². The highest BCUT2D eigenvalue weighted by atomic mass is 19.4. The van der Waals surface area contributed by atoms with Crippen molar-refractivity contribution >= 4 is 0 Å². The second-order valence-corrected chi connectivity index (χ2v) is 4.72. The third-order valence-corrected chi connectivity index (χ3v) is 3.49. The van der Waals surface area contributed by atoms with E-state index in [0.29, 0.717) is 18.8 Å².